The van der Waals surface area contributed by atoms with Crippen molar-refractivity contribution in [2.45, 2.75) is 0 Å². The maximum absolute atomic E-state index is 13.4. The van der Waals surface area contributed by atoms with E-state index in [-0.39, 0.29) is 18.6 Å². The number of aromatic nitrogens is 1. The van der Waals surface area contributed by atoms with Crippen LogP contribution < -0.4 is 25.0 Å². The summed E-state index contributed by atoms with van der Waals surface area (Å²) in [5.74, 6) is 0.863. The third-order valence-electron chi connectivity index (χ3n) is 7.01. The van der Waals surface area contributed by atoms with E-state index in [9.17, 15) is 9.59 Å². The Morgan fingerprint density at radius 1 is 0.976 bits per heavy atom. The van der Waals surface area contributed by atoms with E-state index in [0.717, 1.165) is 22.5 Å². The number of fused-ring (bicyclic) bond motifs is 2. The van der Waals surface area contributed by atoms with Gasteiger partial charge in [0.1, 0.15) is 0 Å². The van der Waals surface area contributed by atoms with Crippen LogP contribution in [0.3, 0.4) is 0 Å². The van der Waals surface area contributed by atoms with Crippen LogP contribution in [0.15, 0.2) is 85.2 Å². The molecule has 0 saturated heterocycles. The van der Waals surface area contributed by atoms with Gasteiger partial charge in [-0.1, -0.05) is 17.7 Å². The van der Waals surface area contributed by atoms with Gasteiger partial charge < -0.3 is 29.9 Å². The quantitative estimate of drug-likeness (QED) is 0.261. The molecule has 2 N–H and O–H groups in total. The van der Waals surface area contributed by atoms with Crippen LogP contribution in [0.2, 0.25) is 5.02 Å². The Morgan fingerprint density at radius 3 is 2.55 bits per heavy atom. The number of amides is 2. The molecule has 2 aliphatic heterocycles. The Balaban J connectivity index is 1.37. The smallest absolute Gasteiger partial charge is 0.259 e. The monoisotopic (exact) mass is 581 g/mol. The number of rotatable bonds is 8. The van der Waals surface area contributed by atoms with E-state index in [4.69, 9.17) is 21.1 Å². The minimum atomic E-state index is -0.249. The normalized spacial score (nSPS) is 14.4. The second-order valence-corrected chi connectivity index (χ2v) is 10.6. The van der Waals surface area contributed by atoms with E-state index in [1.54, 1.807) is 41.6 Å². The van der Waals surface area contributed by atoms with Crippen molar-refractivity contribution < 1.29 is 19.1 Å². The molecule has 0 atom stereocenters. The zero-order chi connectivity index (χ0) is 29.2. The van der Waals surface area contributed by atoms with E-state index in [2.05, 4.69) is 15.6 Å². The molecule has 0 unspecified atom stereocenters. The molecule has 6 rings (SSSR count). The summed E-state index contributed by atoms with van der Waals surface area (Å²) in [4.78, 5) is 34.6. The molecule has 2 amide bonds. The standard InChI is InChI=1S/C32H28ClN5O4/c1-37(2)14-15-38(32(40)21-4-3-13-34-18-21)24-9-7-23(8-10-24)35-30(20-5-12-27-28(16-20)42-19-41-27)29-25-11-6-22(33)17-26(25)36-31(29)39/h3-13,16-18,35H,14-15,19H2,1-2H3,(H,36,39). The molecule has 42 heavy (non-hydrogen) atoms. The predicted molar refractivity (Wildman–Crippen MR) is 164 cm³/mol. The minimum absolute atomic E-state index is 0.133. The average molecular weight is 582 g/mol. The lowest BCUT2D eigenvalue weighted by Crippen LogP contribution is -2.36. The van der Waals surface area contributed by atoms with Gasteiger partial charge in [-0.25, -0.2) is 0 Å². The summed E-state index contributed by atoms with van der Waals surface area (Å²) in [6.45, 7) is 1.33. The molecule has 3 heterocycles. The highest BCUT2D eigenvalue weighted by atomic mass is 35.5. The lowest BCUT2D eigenvalue weighted by Gasteiger charge is -2.25. The highest BCUT2D eigenvalue weighted by Crippen LogP contribution is 2.41. The fourth-order valence-corrected chi connectivity index (χ4v) is 5.06. The van der Waals surface area contributed by atoms with Gasteiger partial charge in [-0.15, -0.1) is 0 Å². The first-order chi connectivity index (χ1) is 20.4. The van der Waals surface area contributed by atoms with Crippen molar-refractivity contribution in [1.82, 2.24) is 9.88 Å². The number of likely N-dealkylation sites (N-methyl/N-ethyl adjacent to an activating group) is 1. The first-order valence-electron chi connectivity index (χ1n) is 13.4. The van der Waals surface area contributed by atoms with E-state index in [1.807, 2.05) is 67.5 Å². The lowest BCUT2D eigenvalue weighted by molar-refractivity contribution is -0.110. The van der Waals surface area contributed by atoms with Crippen LogP contribution in [0, 0.1) is 0 Å². The Hall–Kier alpha value is -4.86. The molecular weight excluding hydrogens is 554 g/mol. The number of benzene rings is 3. The third-order valence-corrected chi connectivity index (χ3v) is 7.25. The number of nitrogens with zero attached hydrogens (tertiary/aromatic N) is 3. The fourth-order valence-electron chi connectivity index (χ4n) is 4.89. The van der Waals surface area contributed by atoms with Crippen LogP contribution in [0.5, 0.6) is 11.5 Å². The Bertz CT molecular complexity index is 1690. The highest BCUT2D eigenvalue weighted by Gasteiger charge is 2.29. The van der Waals surface area contributed by atoms with Crippen molar-refractivity contribution in [1.29, 1.82) is 0 Å². The highest BCUT2D eigenvalue weighted by molar-refractivity contribution is 6.38. The van der Waals surface area contributed by atoms with Gasteiger partial charge in [-0.2, -0.15) is 0 Å². The van der Waals surface area contributed by atoms with E-state index < -0.39 is 0 Å². The summed E-state index contributed by atoms with van der Waals surface area (Å²) >= 11 is 6.20. The largest absolute Gasteiger partial charge is 0.454 e. The number of carbonyl (C=O) groups is 2. The predicted octanol–water partition coefficient (Wildman–Crippen LogP) is 5.60. The Kier molecular flexibility index (Phi) is 7.52. The molecule has 1 aromatic heterocycles. The van der Waals surface area contributed by atoms with Crippen LogP contribution >= 0.6 is 11.6 Å². The first kappa shape index (κ1) is 27.3. The molecule has 4 aromatic rings. The number of anilines is 3. The number of hydrogen-bond donors (Lipinski definition) is 2. The SMILES string of the molecule is CN(C)CCN(C(=O)c1cccnc1)c1ccc(NC(=C2C(=O)Nc3cc(Cl)ccc32)c2ccc3c(c2)OCO3)cc1. The van der Waals surface area contributed by atoms with Crippen molar-refractivity contribution in [2.24, 2.45) is 0 Å². The summed E-state index contributed by atoms with van der Waals surface area (Å²) < 4.78 is 11.1. The molecule has 0 aliphatic carbocycles. The maximum Gasteiger partial charge on any atom is 0.259 e. The van der Waals surface area contributed by atoms with E-state index in [0.29, 0.717) is 52.1 Å². The number of halogens is 1. The second-order valence-electron chi connectivity index (χ2n) is 10.1. The van der Waals surface area contributed by atoms with Crippen molar-refractivity contribution in [3.8, 4) is 11.5 Å². The molecule has 9 nitrogen and oxygen atoms in total. The number of hydrogen-bond acceptors (Lipinski definition) is 7. The van der Waals surface area contributed by atoms with Gasteiger partial charge in [0.25, 0.3) is 11.8 Å². The van der Waals surface area contributed by atoms with Crippen molar-refractivity contribution in [2.75, 3.05) is 49.5 Å². The van der Waals surface area contributed by atoms with Crippen LogP contribution in [0.4, 0.5) is 17.1 Å². The summed E-state index contributed by atoms with van der Waals surface area (Å²) in [6, 6.07) is 21.9. The van der Waals surface area contributed by atoms with Crippen LogP contribution in [0.25, 0.3) is 11.3 Å². The minimum Gasteiger partial charge on any atom is -0.454 e. The Morgan fingerprint density at radius 2 is 1.79 bits per heavy atom. The van der Waals surface area contributed by atoms with Gasteiger partial charge in [-0.3, -0.25) is 14.6 Å². The fraction of sp³-hybridized carbons (Fsp3) is 0.156. The van der Waals surface area contributed by atoms with Crippen LogP contribution in [0.1, 0.15) is 21.5 Å². The van der Waals surface area contributed by atoms with Crippen LogP contribution in [-0.4, -0.2) is 55.7 Å². The number of nitrogens with one attached hydrogen (secondary N) is 2. The van der Waals surface area contributed by atoms with Crippen LogP contribution in [-0.2, 0) is 4.79 Å². The molecular formula is C32H28ClN5O4. The topological polar surface area (TPSA) is 96.0 Å². The second kappa shape index (κ2) is 11.6. The molecule has 212 valence electrons. The Labute approximate surface area is 248 Å². The molecule has 0 bridgehead atoms. The molecule has 0 spiro atoms. The average Bonchev–Trinajstić information content (AvgIpc) is 3.59. The zero-order valence-corrected chi connectivity index (χ0v) is 23.8. The van der Waals surface area contributed by atoms with Gasteiger partial charge in [0.2, 0.25) is 6.79 Å². The summed E-state index contributed by atoms with van der Waals surface area (Å²) in [5.41, 5.74) is 5.18. The van der Waals surface area contributed by atoms with Gasteiger partial charge >= 0.3 is 0 Å². The van der Waals surface area contributed by atoms with Gasteiger partial charge in [0.15, 0.2) is 11.5 Å². The molecule has 0 fully saturated rings. The summed E-state index contributed by atoms with van der Waals surface area (Å²) in [6.07, 6.45) is 3.22. The van der Waals surface area contributed by atoms with Crippen molar-refractivity contribution in [3.63, 3.8) is 0 Å². The van der Waals surface area contributed by atoms with Gasteiger partial charge in [0.05, 0.1) is 22.5 Å². The zero-order valence-electron chi connectivity index (χ0n) is 23.1. The molecule has 0 radical (unpaired) electrons. The van der Waals surface area contributed by atoms with Gasteiger partial charge in [0, 0.05) is 53.0 Å². The van der Waals surface area contributed by atoms with Gasteiger partial charge in [-0.05, 0) is 80.8 Å². The molecule has 2 aliphatic rings. The van der Waals surface area contributed by atoms with Crippen molar-refractivity contribution in [3.05, 3.63) is 107 Å². The number of carbonyl (C=O) groups excluding carboxylic acids is 2. The number of ether oxygens (including phenoxy) is 2. The maximum atomic E-state index is 13.4. The molecule has 0 saturated carbocycles. The first-order valence-corrected chi connectivity index (χ1v) is 13.7. The number of pyridine rings is 1. The van der Waals surface area contributed by atoms with Crippen molar-refractivity contribution >= 4 is 51.7 Å². The summed E-state index contributed by atoms with van der Waals surface area (Å²) in [5, 5.41) is 6.91. The van der Waals surface area contributed by atoms with E-state index in [1.165, 1.54) is 0 Å². The molecule has 3 aromatic carbocycles. The lowest BCUT2D eigenvalue weighted by atomic mass is 9.99. The van der Waals surface area contributed by atoms with E-state index >= 15 is 0 Å². The summed E-state index contributed by atoms with van der Waals surface area (Å²) in [7, 11) is 3.94. The molecule has 10 heteroatoms. The third kappa shape index (κ3) is 5.52.